The number of aromatic nitrogens is 3. The third kappa shape index (κ3) is 18.2. The maximum atomic E-state index is 15.0. The molecule has 0 saturated carbocycles. The average Bonchev–Trinajstić information content (AvgIpc) is 1.67. The fourth-order valence-corrected chi connectivity index (χ4v) is 13.3. The normalized spacial score (nSPS) is 25.4. The van der Waals surface area contributed by atoms with Crippen LogP contribution in [0.1, 0.15) is 68.8 Å². The van der Waals surface area contributed by atoms with Crippen LogP contribution in [0.2, 0.25) is 0 Å². The first kappa shape index (κ1) is 73.5. The summed E-state index contributed by atoms with van der Waals surface area (Å²) in [5.74, 6) is -9.62. The summed E-state index contributed by atoms with van der Waals surface area (Å²) in [7, 11) is 0. The Kier molecular flexibility index (Phi) is 25.5. The monoisotopic (exact) mass is 1390 g/mol. The van der Waals surface area contributed by atoms with E-state index in [1.165, 1.54) is 36.5 Å². The zero-order valence-electron chi connectivity index (χ0n) is 53.2. The van der Waals surface area contributed by atoms with Crippen LogP contribution >= 0.6 is 23.7 Å². The van der Waals surface area contributed by atoms with Crippen molar-refractivity contribution in [1.29, 1.82) is 0 Å². The number of nitrogens with one attached hydrogen (secondary N) is 6. The minimum absolute atomic E-state index is 0.0128. The number of ether oxygens (including phenoxy) is 1. The molecular weight excluding hydrogens is 1310 g/mol. The molecule has 35 heteroatoms. The summed E-state index contributed by atoms with van der Waals surface area (Å²) in [6.45, 7) is 4.18. The van der Waals surface area contributed by atoms with Crippen molar-refractivity contribution < 1.29 is 103 Å². The van der Waals surface area contributed by atoms with E-state index in [0.29, 0.717) is 22.8 Å². The molecule has 3 aromatic carbocycles. The molecule has 13 atom stereocenters. The molecule has 4 saturated heterocycles. The first-order valence-electron chi connectivity index (χ1n) is 31.7. The third-order valence-electron chi connectivity index (χ3n) is 17.5. The van der Waals surface area contributed by atoms with Gasteiger partial charge in [-0.3, -0.25) is 33.6 Å². The van der Waals surface area contributed by atoms with Crippen molar-refractivity contribution >= 4 is 75.7 Å². The summed E-state index contributed by atoms with van der Waals surface area (Å²) in [5.41, 5.74) is 3.27. The van der Waals surface area contributed by atoms with E-state index in [4.69, 9.17) is 24.3 Å². The summed E-state index contributed by atoms with van der Waals surface area (Å²) in [6.07, 6.45) is -8.75. The number of hydrogen-bond acceptors (Lipinski definition) is 27. The van der Waals surface area contributed by atoms with Gasteiger partial charge in [0.15, 0.2) is 11.5 Å². The van der Waals surface area contributed by atoms with Crippen molar-refractivity contribution in [2.45, 2.75) is 144 Å². The Morgan fingerprint density at radius 1 is 0.804 bits per heavy atom. The molecule has 7 amide bonds. The van der Waals surface area contributed by atoms with Crippen LogP contribution in [0.25, 0.3) is 26.8 Å². The molecule has 5 aromatic rings. The van der Waals surface area contributed by atoms with Crippen LogP contribution < -0.4 is 41.0 Å². The molecule has 0 radical (unpaired) electrons. The van der Waals surface area contributed by atoms with Gasteiger partial charge in [-0.25, -0.2) is 14.8 Å². The first-order chi connectivity index (χ1) is 46.5. The number of piperidine rings is 1. The van der Waals surface area contributed by atoms with Crippen molar-refractivity contribution in [2.24, 2.45) is 5.92 Å². The number of carbonyl (C=O) groups excluding carboxylic acids is 7. The fourth-order valence-electron chi connectivity index (χ4n) is 12.2. The molecule has 0 bridgehead atoms. The number of phenolic OH excluding ortho intramolecular Hbond substituents is 1. The quantitative estimate of drug-likeness (QED) is 0.0147. The van der Waals surface area contributed by atoms with Gasteiger partial charge in [0.2, 0.25) is 40.4 Å². The summed E-state index contributed by atoms with van der Waals surface area (Å²) in [6, 6.07) is 5.55. The van der Waals surface area contributed by atoms with Gasteiger partial charge < -0.3 is 101 Å². The van der Waals surface area contributed by atoms with E-state index in [9.17, 15) is 79.5 Å². The van der Waals surface area contributed by atoms with E-state index in [1.807, 2.05) is 19.1 Å². The maximum Gasteiger partial charge on any atom is 0.261 e. The van der Waals surface area contributed by atoms with Crippen LogP contribution in [0.15, 0.2) is 72.9 Å². The number of rotatable bonds is 22. The standard InChI is InChI=1S/C62H82N12O21S2/c1-4-92-41-16-19-71(20-17-41)38-12-10-36(11-13-38)59-70-74-28-43(66-62(74)96-59)34-6-8-35(9-7-34)54(84)65-42-23-39(78)25-64-58(88)52-53(83)31(2)26-73(52)61(90)51(46(81)15-18-63-37(29-75)30-76)69-57(87)50(47(82)21-33-5-14-45(80)48(22-33)93-97-95-94-91)68-56(86)44-24-40(79)27-72(44)60(89)49(32(3)77)67-55(42)85/h5-14,22,28,31-32,37,39-42,44,46-47,49-53,63,75-83,91H,4,15-21,23-27,29-30H2,1-3H3,(H,64,88)(H,65,84)(H,67,85)(H,68,86)(H,69,87)/t31-,32+,39+,40+,42-,44-,46+,47+,49-,50-,51-,52-,53-/m0/s1. The average molecular weight is 1400 g/mol. The highest BCUT2D eigenvalue weighted by atomic mass is 32.2. The van der Waals surface area contributed by atoms with Crippen LogP contribution in [-0.2, 0) is 49.3 Å². The molecule has 4 aliphatic heterocycles. The lowest BCUT2D eigenvalue weighted by Crippen LogP contribution is -2.64. The largest absolute Gasteiger partial charge is 0.504 e. The van der Waals surface area contributed by atoms with Gasteiger partial charge in [0.05, 0.1) is 73.9 Å². The number of fused-ring (bicyclic) bond motifs is 3. The zero-order valence-corrected chi connectivity index (χ0v) is 54.8. The van der Waals surface area contributed by atoms with E-state index in [-0.39, 0.29) is 48.4 Å². The second kappa shape index (κ2) is 33.7. The van der Waals surface area contributed by atoms with Crippen molar-refractivity contribution in [3.8, 4) is 33.3 Å². The topological polar surface area (TPSA) is 471 Å². The molecule has 0 aliphatic carbocycles. The Morgan fingerprint density at radius 2 is 1.48 bits per heavy atom. The molecule has 97 heavy (non-hydrogen) atoms. The number of hydrogen-bond donors (Lipinski definition) is 16. The highest BCUT2D eigenvalue weighted by Gasteiger charge is 2.50. The number of aliphatic hydroxyl groups is 8. The summed E-state index contributed by atoms with van der Waals surface area (Å²) >= 11 is 1.45. The molecule has 0 unspecified atom stereocenters. The Hall–Kier alpha value is -7.72. The van der Waals surface area contributed by atoms with E-state index >= 15 is 0 Å². The van der Waals surface area contributed by atoms with E-state index in [1.54, 1.807) is 22.8 Å². The zero-order chi connectivity index (χ0) is 69.8. The van der Waals surface area contributed by atoms with Crippen LogP contribution in [0.3, 0.4) is 0 Å². The maximum absolute atomic E-state index is 15.0. The van der Waals surface area contributed by atoms with Crippen molar-refractivity contribution in [2.75, 3.05) is 64.0 Å². The van der Waals surface area contributed by atoms with Crippen LogP contribution in [0.4, 0.5) is 5.69 Å². The molecule has 33 nitrogen and oxygen atoms in total. The van der Waals surface area contributed by atoms with Crippen LogP contribution in [0.5, 0.6) is 11.5 Å². The SMILES string of the molecule is CCOC1CCN(c2ccc(-c3nn4cc(-c5ccc(C(=O)N[C@H]6C[C@@H](O)CNC(=O)[C@@H]7[C@@H](O)[C@@H](C)CN7C(=O)[C@H]([C@H](O)CCNC(CO)CO)NC(=O)[C@H]([C@H](O)Cc7ccc(O)c(OSOOO)c7)NC(=O)[C@@H]7C[C@@H](O)CN7C(=O)[C@H]([C@@H](C)O)NC6=O)cc5)nc4s3)cc2)CC1. The van der Waals surface area contributed by atoms with Gasteiger partial charge in [0.1, 0.15) is 41.3 Å². The predicted molar refractivity (Wildman–Crippen MR) is 345 cm³/mol. The molecule has 4 aliphatic rings. The van der Waals surface area contributed by atoms with Gasteiger partial charge in [-0.15, -0.1) is 0 Å². The van der Waals surface area contributed by atoms with E-state index in [2.05, 4.69) is 58.3 Å². The lowest BCUT2D eigenvalue weighted by Gasteiger charge is -2.34. The number of benzene rings is 3. The van der Waals surface area contributed by atoms with Gasteiger partial charge >= 0.3 is 0 Å². The lowest BCUT2D eigenvalue weighted by atomic mass is 9.98. The third-order valence-corrected chi connectivity index (χ3v) is 18.9. The van der Waals surface area contributed by atoms with Gasteiger partial charge in [-0.1, -0.05) is 45.8 Å². The van der Waals surface area contributed by atoms with Crippen LogP contribution in [0, 0.1) is 5.92 Å². The van der Waals surface area contributed by atoms with Crippen molar-refractivity contribution in [3.63, 3.8) is 0 Å². The van der Waals surface area contributed by atoms with Gasteiger partial charge in [-0.2, -0.15) is 5.10 Å². The molecule has 6 heterocycles. The summed E-state index contributed by atoms with van der Waals surface area (Å²) in [4.78, 5) is 112. The number of phenols is 1. The molecular formula is C62H82N12O21S2. The highest BCUT2D eigenvalue weighted by Crippen LogP contribution is 2.34. The minimum Gasteiger partial charge on any atom is -0.504 e. The Morgan fingerprint density at radius 3 is 2.15 bits per heavy atom. The second-order valence-corrected chi connectivity index (χ2v) is 25.8. The summed E-state index contributed by atoms with van der Waals surface area (Å²) in [5, 5.41) is 132. The Labute approximate surface area is 564 Å². The molecule has 4 fully saturated rings. The van der Waals surface area contributed by atoms with Gasteiger partial charge in [0, 0.05) is 86.9 Å². The number of imidazole rings is 1. The number of carbonyl (C=O) groups is 7. The van der Waals surface area contributed by atoms with Gasteiger partial charge in [0.25, 0.3) is 18.2 Å². The number of nitrogens with zero attached hydrogens (tertiary/aromatic N) is 6. The minimum atomic E-state index is -2.16. The number of aromatic hydroxyl groups is 1. The molecule has 0 spiro atoms. The molecule has 2 aromatic heterocycles. The Bertz CT molecular complexity index is 3490. The Balaban J connectivity index is 0.981. The van der Waals surface area contributed by atoms with Crippen molar-refractivity contribution in [3.05, 3.63) is 84.1 Å². The fraction of sp³-hybridized carbons (Fsp3) is 0.532. The number of β-amino-alcohol motifs (C(OH)–C–C–N with tert-alkyl or cyclic N) is 1. The smallest absolute Gasteiger partial charge is 0.261 e. The van der Waals surface area contributed by atoms with Crippen molar-refractivity contribution in [1.82, 2.24) is 56.3 Å². The number of amides is 7. The second-order valence-electron chi connectivity index (χ2n) is 24.4. The molecule has 528 valence electrons. The molecule has 9 rings (SSSR count). The summed E-state index contributed by atoms with van der Waals surface area (Å²) < 4.78 is 16.8. The molecule has 16 N–H and O–H groups in total. The highest BCUT2D eigenvalue weighted by molar-refractivity contribution is 7.90. The number of anilines is 1. The van der Waals surface area contributed by atoms with E-state index < -0.39 is 184 Å². The first-order valence-corrected chi connectivity index (χ1v) is 33.2. The number of aliphatic hydroxyl groups excluding tert-OH is 8. The van der Waals surface area contributed by atoms with E-state index in [0.717, 1.165) is 71.0 Å². The predicted octanol–water partition coefficient (Wildman–Crippen LogP) is -2.52. The van der Waals surface area contributed by atoms with Crippen LogP contribution in [-0.4, -0.2) is 261 Å². The lowest BCUT2D eigenvalue weighted by molar-refractivity contribution is -0.433. The van der Waals surface area contributed by atoms with Gasteiger partial charge in [-0.05, 0) is 93.7 Å².